The van der Waals surface area contributed by atoms with Gasteiger partial charge < -0.3 is 10.4 Å². The van der Waals surface area contributed by atoms with E-state index in [1.165, 1.54) is 0 Å². The van der Waals surface area contributed by atoms with E-state index in [4.69, 9.17) is 0 Å². The van der Waals surface area contributed by atoms with Crippen molar-refractivity contribution >= 4 is 5.91 Å². The molecule has 3 nitrogen and oxygen atoms in total. The standard InChI is InChI=1S/C14H17NO2/c1-3-4-11-8-12(15-14(11)17)10-5-6-13(16)9(2)7-10/h3,5-7,11-12,16H,1,4,8H2,2H3,(H,15,17). The zero-order chi connectivity index (χ0) is 12.4. The maximum Gasteiger partial charge on any atom is 0.223 e. The number of carbonyl (C=O) groups excluding carboxylic acids is 1. The van der Waals surface area contributed by atoms with Gasteiger partial charge in [-0.1, -0.05) is 18.2 Å². The summed E-state index contributed by atoms with van der Waals surface area (Å²) in [6.07, 6.45) is 3.31. The Bertz CT molecular complexity index is 454. The molecule has 0 bridgehead atoms. The second kappa shape index (κ2) is 4.62. The molecule has 17 heavy (non-hydrogen) atoms. The van der Waals surface area contributed by atoms with Crippen LogP contribution in [0.3, 0.4) is 0 Å². The van der Waals surface area contributed by atoms with Gasteiger partial charge in [-0.3, -0.25) is 4.79 Å². The lowest BCUT2D eigenvalue weighted by atomic mass is 9.96. The molecule has 90 valence electrons. The van der Waals surface area contributed by atoms with Crippen molar-refractivity contribution in [3.05, 3.63) is 42.0 Å². The molecule has 1 heterocycles. The average Bonchev–Trinajstić information content (AvgIpc) is 2.65. The number of carbonyl (C=O) groups is 1. The van der Waals surface area contributed by atoms with E-state index in [-0.39, 0.29) is 17.9 Å². The van der Waals surface area contributed by atoms with Crippen LogP contribution in [-0.2, 0) is 4.79 Å². The van der Waals surface area contributed by atoms with Crippen LogP contribution < -0.4 is 5.32 Å². The van der Waals surface area contributed by atoms with Gasteiger partial charge in [0.1, 0.15) is 5.75 Å². The first-order chi connectivity index (χ1) is 8.11. The molecule has 1 saturated heterocycles. The number of hydrogen-bond acceptors (Lipinski definition) is 2. The summed E-state index contributed by atoms with van der Waals surface area (Å²) in [6, 6.07) is 5.53. The first-order valence-electron chi connectivity index (χ1n) is 5.82. The number of allylic oxidation sites excluding steroid dienone is 1. The van der Waals surface area contributed by atoms with Gasteiger partial charge in [-0.05, 0) is 37.0 Å². The summed E-state index contributed by atoms with van der Waals surface area (Å²) in [5.41, 5.74) is 1.89. The second-order valence-electron chi connectivity index (χ2n) is 4.56. The summed E-state index contributed by atoms with van der Waals surface area (Å²) >= 11 is 0. The van der Waals surface area contributed by atoms with Gasteiger partial charge in [-0.2, -0.15) is 0 Å². The highest BCUT2D eigenvalue weighted by Gasteiger charge is 2.31. The number of aryl methyl sites for hydroxylation is 1. The Morgan fingerprint density at radius 3 is 3.00 bits per heavy atom. The molecule has 3 heteroatoms. The Labute approximate surface area is 101 Å². The minimum atomic E-state index is 0.0339. The Hall–Kier alpha value is -1.77. The number of aromatic hydroxyl groups is 1. The molecule has 2 rings (SSSR count). The van der Waals surface area contributed by atoms with Crippen molar-refractivity contribution in [1.82, 2.24) is 5.32 Å². The van der Waals surface area contributed by atoms with Crippen molar-refractivity contribution in [2.45, 2.75) is 25.8 Å². The highest BCUT2D eigenvalue weighted by molar-refractivity contribution is 5.81. The minimum Gasteiger partial charge on any atom is -0.508 e. The predicted octanol–water partition coefficient (Wildman–Crippen LogP) is 2.45. The average molecular weight is 231 g/mol. The molecular formula is C14H17NO2. The highest BCUT2D eigenvalue weighted by Crippen LogP contribution is 2.31. The second-order valence-corrected chi connectivity index (χ2v) is 4.56. The van der Waals surface area contributed by atoms with E-state index in [1.54, 1.807) is 12.1 Å². The highest BCUT2D eigenvalue weighted by atomic mass is 16.3. The minimum absolute atomic E-state index is 0.0339. The van der Waals surface area contributed by atoms with E-state index >= 15 is 0 Å². The maximum absolute atomic E-state index is 11.7. The number of amides is 1. The third-order valence-electron chi connectivity index (χ3n) is 3.28. The van der Waals surface area contributed by atoms with Gasteiger partial charge in [-0.15, -0.1) is 6.58 Å². The summed E-state index contributed by atoms with van der Waals surface area (Å²) in [6.45, 7) is 5.53. The van der Waals surface area contributed by atoms with Gasteiger partial charge in [0.2, 0.25) is 5.91 Å². The van der Waals surface area contributed by atoms with Crippen LogP contribution in [0.5, 0.6) is 5.75 Å². The molecule has 2 N–H and O–H groups in total. The molecule has 1 aliphatic rings. The van der Waals surface area contributed by atoms with E-state index in [1.807, 2.05) is 19.1 Å². The molecule has 0 spiro atoms. The number of phenols is 1. The predicted molar refractivity (Wildman–Crippen MR) is 66.6 cm³/mol. The summed E-state index contributed by atoms with van der Waals surface area (Å²) in [4.78, 5) is 11.7. The van der Waals surface area contributed by atoms with Crippen molar-refractivity contribution in [3.8, 4) is 5.75 Å². The maximum atomic E-state index is 11.7. The molecule has 0 radical (unpaired) electrons. The van der Waals surface area contributed by atoms with Crippen LogP contribution in [0, 0.1) is 12.8 Å². The van der Waals surface area contributed by atoms with E-state index < -0.39 is 0 Å². The SMILES string of the molecule is C=CCC1CC(c2ccc(O)c(C)c2)NC1=O. The molecule has 0 aliphatic carbocycles. The molecule has 1 aromatic rings. The van der Waals surface area contributed by atoms with Crippen LogP contribution in [-0.4, -0.2) is 11.0 Å². The fraction of sp³-hybridized carbons (Fsp3) is 0.357. The van der Waals surface area contributed by atoms with Crippen molar-refractivity contribution < 1.29 is 9.90 Å². The Morgan fingerprint density at radius 2 is 2.35 bits per heavy atom. The molecule has 2 unspecified atom stereocenters. The van der Waals surface area contributed by atoms with E-state index in [2.05, 4.69) is 11.9 Å². The Kier molecular flexibility index (Phi) is 3.18. The summed E-state index contributed by atoms with van der Waals surface area (Å²) < 4.78 is 0. The van der Waals surface area contributed by atoms with Crippen LogP contribution >= 0.6 is 0 Å². The van der Waals surface area contributed by atoms with E-state index in [0.29, 0.717) is 5.75 Å². The van der Waals surface area contributed by atoms with Crippen LogP contribution in [0.15, 0.2) is 30.9 Å². The van der Waals surface area contributed by atoms with Crippen molar-refractivity contribution in [2.75, 3.05) is 0 Å². The van der Waals surface area contributed by atoms with Crippen LogP contribution in [0.4, 0.5) is 0 Å². The number of rotatable bonds is 3. The number of benzene rings is 1. The fourth-order valence-electron chi connectivity index (χ4n) is 2.26. The summed E-state index contributed by atoms with van der Waals surface area (Å²) in [5, 5.41) is 12.5. The van der Waals surface area contributed by atoms with Crippen LogP contribution in [0.25, 0.3) is 0 Å². The molecular weight excluding hydrogens is 214 g/mol. The lowest BCUT2D eigenvalue weighted by Crippen LogP contribution is -2.21. The molecule has 1 aliphatic heterocycles. The van der Waals surface area contributed by atoms with Gasteiger partial charge in [0.05, 0.1) is 6.04 Å². The Morgan fingerprint density at radius 1 is 1.59 bits per heavy atom. The van der Waals surface area contributed by atoms with Crippen molar-refractivity contribution in [1.29, 1.82) is 0 Å². The molecule has 2 atom stereocenters. The number of hydrogen-bond donors (Lipinski definition) is 2. The topological polar surface area (TPSA) is 49.3 Å². The third-order valence-corrected chi connectivity index (χ3v) is 3.28. The lowest BCUT2D eigenvalue weighted by molar-refractivity contribution is -0.122. The zero-order valence-corrected chi connectivity index (χ0v) is 9.94. The van der Waals surface area contributed by atoms with Crippen molar-refractivity contribution in [2.24, 2.45) is 5.92 Å². The van der Waals surface area contributed by atoms with Gasteiger partial charge in [-0.25, -0.2) is 0 Å². The first-order valence-corrected chi connectivity index (χ1v) is 5.82. The summed E-state index contributed by atoms with van der Waals surface area (Å²) in [5.74, 6) is 0.424. The van der Waals surface area contributed by atoms with Gasteiger partial charge in [0, 0.05) is 5.92 Å². The molecule has 0 aromatic heterocycles. The smallest absolute Gasteiger partial charge is 0.223 e. The summed E-state index contributed by atoms with van der Waals surface area (Å²) in [7, 11) is 0. The fourth-order valence-corrected chi connectivity index (χ4v) is 2.26. The third kappa shape index (κ3) is 2.33. The lowest BCUT2D eigenvalue weighted by Gasteiger charge is -2.11. The monoisotopic (exact) mass is 231 g/mol. The normalized spacial score (nSPS) is 23.5. The molecule has 1 aromatic carbocycles. The molecule has 1 amide bonds. The number of nitrogens with one attached hydrogen (secondary N) is 1. The molecule has 0 saturated carbocycles. The van der Waals surface area contributed by atoms with Crippen molar-refractivity contribution in [3.63, 3.8) is 0 Å². The van der Waals surface area contributed by atoms with Gasteiger partial charge in [0.15, 0.2) is 0 Å². The first kappa shape index (κ1) is 11.7. The molecule has 1 fully saturated rings. The number of phenolic OH excluding ortho intramolecular Hbond substituents is 1. The zero-order valence-electron chi connectivity index (χ0n) is 9.94. The Balaban J connectivity index is 2.16. The van der Waals surface area contributed by atoms with Crippen LogP contribution in [0.2, 0.25) is 0 Å². The van der Waals surface area contributed by atoms with E-state index in [9.17, 15) is 9.90 Å². The van der Waals surface area contributed by atoms with E-state index in [0.717, 1.165) is 24.0 Å². The van der Waals surface area contributed by atoms with Crippen LogP contribution in [0.1, 0.15) is 30.0 Å². The largest absolute Gasteiger partial charge is 0.508 e. The quantitative estimate of drug-likeness (QED) is 0.785. The van der Waals surface area contributed by atoms with Gasteiger partial charge >= 0.3 is 0 Å². The van der Waals surface area contributed by atoms with Gasteiger partial charge in [0.25, 0.3) is 0 Å².